The number of fused-ring (bicyclic) bond motifs is 3. The SMILES string of the molecule is O=C(c1ccc(Nc2nc3ccccc3n3cnnc23)cc1)N1CCN(C2CCCCC2)CC1. The Morgan fingerprint density at radius 1 is 0.912 bits per heavy atom. The third kappa shape index (κ3) is 3.98. The average Bonchev–Trinajstić information content (AvgIpc) is 3.40. The van der Waals surface area contributed by atoms with Crippen molar-refractivity contribution in [3.8, 4) is 0 Å². The Morgan fingerprint density at radius 3 is 2.47 bits per heavy atom. The van der Waals surface area contributed by atoms with Crippen LogP contribution in [0.25, 0.3) is 16.7 Å². The highest BCUT2D eigenvalue weighted by atomic mass is 16.2. The molecule has 0 bridgehead atoms. The van der Waals surface area contributed by atoms with Gasteiger partial charge in [0.25, 0.3) is 5.91 Å². The van der Waals surface area contributed by atoms with Crippen molar-refractivity contribution in [3.63, 3.8) is 0 Å². The van der Waals surface area contributed by atoms with E-state index in [1.54, 1.807) is 6.33 Å². The molecular weight excluding hydrogens is 426 g/mol. The number of carbonyl (C=O) groups is 1. The van der Waals surface area contributed by atoms with Crippen LogP contribution in [0.1, 0.15) is 42.5 Å². The first kappa shape index (κ1) is 21.0. The molecule has 2 aromatic carbocycles. The Bertz CT molecular complexity index is 1300. The maximum Gasteiger partial charge on any atom is 0.253 e. The quantitative estimate of drug-likeness (QED) is 0.499. The number of anilines is 2. The third-order valence-corrected chi connectivity index (χ3v) is 7.22. The molecular formula is C26H29N7O. The van der Waals surface area contributed by atoms with Gasteiger partial charge >= 0.3 is 0 Å². The Kier molecular flexibility index (Phi) is 5.58. The van der Waals surface area contributed by atoms with E-state index >= 15 is 0 Å². The lowest BCUT2D eigenvalue weighted by Crippen LogP contribution is -2.52. The summed E-state index contributed by atoms with van der Waals surface area (Å²) in [7, 11) is 0. The molecule has 2 aromatic heterocycles. The minimum Gasteiger partial charge on any atom is -0.337 e. The fourth-order valence-electron chi connectivity index (χ4n) is 5.34. The number of hydrogen-bond donors (Lipinski definition) is 1. The third-order valence-electron chi connectivity index (χ3n) is 7.22. The van der Waals surface area contributed by atoms with Crippen molar-refractivity contribution in [2.75, 3.05) is 31.5 Å². The van der Waals surface area contributed by atoms with Gasteiger partial charge in [-0.05, 0) is 49.2 Å². The van der Waals surface area contributed by atoms with Gasteiger partial charge in [0.1, 0.15) is 6.33 Å². The Morgan fingerprint density at radius 2 is 1.68 bits per heavy atom. The van der Waals surface area contributed by atoms with Crippen LogP contribution in [0.3, 0.4) is 0 Å². The smallest absolute Gasteiger partial charge is 0.253 e. The fraction of sp³-hybridized carbons (Fsp3) is 0.385. The molecule has 0 atom stereocenters. The summed E-state index contributed by atoms with van der Waals surface area (Å²) in [6, 6.07) is 16.3. The van der Waals surface area contributed by atoms with E-state index < -0.39 is 0 Å². The molecule has 6 rings (SSSR count). The number of carbonyl (C=O) groups excluding carboxylic acids is 1. The van der Waals surface area contributed by atoms with Crippen molar-refractivity contribution < 1.29 is 4.79 Å². The van der Waals surface area contributed by atoms with Gasteiger partial charge in [0.15, 0.2) is 5.82 Å². The highest BCUT2D eigenvalue weighted by Crippen LogP contribution is 2.25. The lowest BCUT2D eigenvalue weighted by molar-refractivity contribution is 0.0523. The van der Waals surface area contributed by atoms with Crippen LogP contribution >= 0.6 is 0 Å². The van der Waals surface area contributed by atoms with Gasteiger partial charge in [-0.25, -0.2) is 4.98 Å². The number of amides is 1. The molecule has 3 heterocycles. The Balaban J connectivity index is 1.14. The van der Waals surface area contributed by atoms with Crippen LogP contribution < -0.4 is 5.32 Å². The second-order valence-corrected chi connectivity index (χ2v) is 9.30. The van der Waals surface area contributed by atoms with Gasteiger partial charge in [0.05, 0.1) is 11.0 Å². The van der Waals surface area contributed by atoms with E-state index in [1.807, 2.05) is 57.8 Å². The van der Waals surface area contributed by atoms with Crippen molar-refractivity contribution in [2.24, 2.45) is 0 Å². The maximum atomic E-state index is 13.1. The van der Waals surface area contributed by atoms with E-state index in [9.17, 15) is 4.79 Å². The normalized spacial score (nSPS) is 17.9. The molecule has 174 valence electrons. The van der Waals surface area contributed by atoms with Crippen LogP contribution in [0.4, 0.5) is 11.5 Å². The summed E-state index contributed by atoms with van der Waals surface area (Å²) in [5.74, 6) is 0.743. The monoisotopic (exact) mass is 455 g/mol. The lowest BCUT2D eigenvalue weighted by atomic mass is 9.94. The summed E-state index contributed by atoms with van der Waals surface area (Å²) in [6.07, 6.45) is 8.40. The summed E-state index contributed by atoms with van der Waals surface area (Å²) in [5.41, 5.74) is 4.05. The first-order valence-corrected chi connectivity index (χ1v) is 12.3. The number of nitrogens with one attached hydrogen (secondary N) is 1. The van der Waals surface area contributed by atoms with Crippen LogP contribution in [0, 0.1) is 0 Å². The van der Waals surface area contributed by atoms with Crippen LogP contribution in [0.15, 0.2) is 54.9 Å². The number of nitrogens with zero attached hydrogens (tertiary/aromatic N) is 6. The molecule has 0 spiro atoms. The number of hydrogen-bond acceptors (Lipinski definition) is 6. The van der Waals surface area contributed by atoms with Crippen molar-refractivity contribution in [2.45, 2.75) is 38.1 Å². The molecule has 1 aliphatic heterocycles. The molecule has 2 fully saturated rings. The molecule has 2 aliphatic rings. The number of para-hydroxylation sites is 2. The standard InChI is InChI=1S/C26H29N7O/c34-26(32-16-14-31(15-17-32)21-6-2-1-3-7-21)19-10-12-20(13-11-19)28-24-25-30-27-18-33(25)23-9-5-4-8-22(23)29-24/h4-5,8-13,18,21H,1-3,6-7,14-17H2,(H,28,29). The molecule has 1 amide bonds. The number of aromatic nitrogens is 4. The largest absolute Gasteiger partial charge is 0.337 e. The molecule has 0 unspecified atom stereocenters. The van der Waals surface area contributed by atoms with Gasteiger partial charge in [0, 0.05) is 43.5 Å². The maximum absolute atomic E-state index is 13.1. The van der Waals surface area contributed by atoms with Crippen molar-refractivity contribution in [1.29, 1.82) is 0 Å². The fourth-order valence-corrected chi connectivity index (χ4v) is 5.34. The van der Waals surface area contributed by atoms with E-state index in [0.29, 0.717) is 11.5 Å². The predicted molar refractivity (Wildman–Crippen MR) is 132 cm³/mol. The van der Waals surface area contributed by atoms with Gasteiger partial charge in [-0.2, -0.15) is 0 Å². The van der Waals surface area contributed by atoms with Gasteiger partial charge < -0.3 is 10.2 Å². The second-order valence-electron chi connectivity index (χ2n) is 9.30. The van der Waals surface area contributed by atoms with Crippen molar-refractivity contribution in [1.82, 2.24) is 29.4 Å². The Labute approximate surface area is 198 Å². The zero-order valence-electron chi connectivity index (χ0n) is 19.2. The van der Waals surface area contributed by atoms with E-state index in [0.717, 1.165) is 54.5 Å². The molecule has 34 heavy (non-hydrogen) atoms. The second kappa shape index (κ2) is 9.02. The Hall–Kier alpha value is -3.52. The van der Waals surface area contributed by atoms with Gasteiger partial charge in [0.2, 0.25) is 5.65 Å². The molecule has 1 saturated heterocycles. The van der Waals surface area contributed by atoms with E-state index in [4.69, 9.17) is 4.98 Å². The zero-order chi connectivity index (χ0) is 22.9. The predicted octanol–water partition coefficient (Wildman–Crippen LogP) is 4.11. The highest BCUT2D eigenvalue weighted by Gasteiger charge is 2.27. The first-order valence-electron chi connectivity index (χ1n) is 12.3. The number of rotatable bonds is 4. The molecule has 1 N–H and O–H groups in total. The van der Waals surface area contributed by atoms with E-state index in [-0.39, 0.29) is 5.91 Å². The minimum absolute atomic E-state index is 0.110. The molecule has 8 nitrogen and oxygen atoms in total. The van der Waals surface area contributed by atoms with Crippen LogP contribution in [-0.2, 0) is 0 Å². The van der Waals surface area contributed by atoms with Crippen LogP contribution in [0.2, 0.25) is 0 Å². The number of piperazine rings is 1. The van der Waals surface area contributed by atoms with Crippen molar-refractivity contribution >= 4 is 34.1 Å². The van der Waals surface area contributed by atoms with Gasteiger partial charge in [-0.1, -0.05) is 31.4 Å². The summed E-state index contributed by atoms with van der Waals surface area (Å²) in [6.45, 7) is 3.58. The molecule has 8 heteroatoms. The lowest BCUT2D eigenvalue weighted by Gasteiger charge is -2.40. The van der Waals surface area contributed by atoms with Crippen LogP contribution in [-0.4, -0.2) is 67.5 Å². The number of benzene rings is 2. The molecule has 1 saturated carbocycles. The summed E-state index contributed by atoms with van der Waals surface area (Å²) >= 11 is 0. The topological polar surface area (TPSA) is 78.7 Å². The molecule has 4 aromatic rings. The highest BCUT2D eigenvalue weighted by molar-refractivity contribution is 5.95. The van der Waals surface area contributed by atoms with Crippen molar-refractivity contribution in [3.05, 3.63) is 60.4 Å². The summed E-state index contributed by atoms with van der Waals surface area (Å²) < 4.78 is 1.93. The zero-order valence-corrected chi connectivity index (χ0v) is 19.2. The first-order chi connectivity index (χ1) is 16.8. The van der Waals surface area contributed by atoms with Crippen LogP contribution in [0.5, 0.6) is 0 Å². The molecule has 1 aliphatic carbocycles. The minimum atomic E-state index is 0.110. The summed E-state index contributed by atoms with van der Waals surface area (Å²) in [4.78, 5) is 22.4. The average molecular weight is 456 g/mol. The van der Waals surface area contributed by atoms with E-state index in [2.05, 4.69) is 20.4 Å². The van der Waals surface area contributed by atoms with Gasteiger partial charge in [-0.3, -0.25) is 14.1 Å². The summed E-state index contributed by atoms with van der Waals surface area (Å²) in [5, 5.41) is 11.6. The van der Waals surface area contributed by atoms with E-state index in [1.165, 1.54) is 32.1 Å². The molecule has 0 radical (unpaired) electrons. The van der Waals surface area contributed by atoms with Gasteiger partial charge in [-0.15, -0.1) is 10.2 Å².